The first-order valence-electron chi connectivity index (χ1n) is 7.30. The molecule has 1 rings (SSSR count). The van der Waals surface area contributed by atoms with Crippen molar-refractivity contribution in [2.24, 2.45) is 0 Å². The number of rotatable bonds is 10. The number of hydrogen-bond acceptors (Lipinski definition) is 2. The highest BCUT2D eigenvalue weighted by molar-refractivity contribution is 5.85. The monoisotopic (exact) mass is 285 g/mol. The van der Waals surface area contributed by atoms with Gasteiger partial charge in [0.25, 0.3) is 0 Å². The van der Waals surface area contributed by atoms with Crippen LogP contribution in [0.3, 0.4) is 0 Å². The molecule has 19 heavy (non-hydrogen) atoms. The van der Waals surface area contributed by atoms with Gasteiger partial charge in [-0.05, 0) is 26.0 Å². The van der Waals surface area contributed by atoms with Gasteiger partial charge in [-0.15, -0.1) is 12.4 Å². The van der Waals surface area contributed by atoms with Crippen molar-refractivity contribution in [3.8, 4) is 5.75 Å². The van der Waals surface area contributed by atoms with Crippen LogP contribution in [0.5, 0.6) is 5.75 Å². The summed E-state index contributed by atoms with van der Waals surface area (Å²) in [6, 6.07) is 8.27. The predicted octanol–water partition coefficient (Wildman–Crippen LogP) is 4.57. The maximum atomic E-state index is 5.61. The van der Waals surface area contributed by atoms with Crippen molar-refractivity contribution in [3.63, 3.8) is 0 Å². The fourth-order valence-corrected chi connectivity index (χ4v) is 2.02. The normalized spacial score (nSPS) is 10.0. The lowest BCUT2D eigenvalue weighted by Crippen LogP contribution is -2.15. The van der Waals surface area contributed by atoms with Gasteiger partial charge in [-0.2, -0.15) is 0 Å². The summed E-state index contributed by atoms with van der Waals surface area (Å²) in [7, 11) is 0. The van der Waals surface area contributed by atoms with Crippen LogP contribution < -0.4 is 10.1 Å². The van der Waals surface area contributed by atoms with Crippen molar-refractivity contribution in [1.82, 2.24) is 5.32 Å². The molecule has 0 aliphatic rings. The molecule has 0 amide bonds. The fraction of sp³-hybridized carbons (Fsp3) is 0.625. The van der Waals surface area contributed by atoms with E-state index in [1.807, 2.05) is 19.1 Å². The van der Waals surface area contributed by atoms with E-state index in [1.165, 1.54) is 37.7 Å². The van der Waals surface area contributed by atoms with Crippen molar-refractivity contribution < 1.29 is 4.74 Å². The highest BCUT2D eigenvalue weighted by Crippen LogP contribution is 2.17. The molecular formula is C16H28ClNO. The van der Waals surface area contributed by atoms with Crippen LogP contribution in [0.1, 0.15) is 51.5 Å². The Morgan fingerprint density at radius 1 is 1.00 bits per heavy atom. The molecule has 0 aliphatic carbocycles. The molecule has 0 atom stereocenters. The Morgan fingerprint density at radius 3 is 2.47 bits per heavy atom. The van der Waals surface area contributed by atoms with Crippen LogP contribution in [0.4, 0.5) is 0 Å². The highest BCUT2D eigenvalue weighted by Gasteiger charge is 2.01. The number of para-hydroxylation sites is 1. The van der Waals surface area contributed by atoms with Crippen LogP contribution in [-0.4, -0.2) is 13.2 Å². The molecule has 110 valence electrons. The van der Waals surface area contributed by atoms with Gasteiger partial charge in [0, 0.05) is 12.1 Å². The average Bonchev–Trinajstić information content (AvgIpc) is 2.40. The van der Waals surface area contributed by atoms with Gasteiger partial charge in [0.05, 0.1) is 6.61 Å². The predicted molar refractivity (Wildman–Crippen MR) is 85.3 cm³/mol. The first kappa shape index (κ1) is 18.3. The summed E-state index contributed by atoms with van der Waals surface area (Å²) in [6.07, 6.45) is 6.67. The van der Waals surface area contributed by atoms with Crippen molar-refractivity contribution in [2.45, 2.75) is 52.5 Å². The number of ether oxygens (including phenoxy) is 1. The number of hydrogen-bond donors (Lipinski definition) is 1. The summed E-state index contributed by atoms with van der Waals surface area (Å²) in [6.45, 7) is 7.02. The van der Waals surface area contributed by atoms with Gasteiger partial charge in [-0.25, -0.2) is 0 Å². The maximum Gasteiger partial charge on any atom is 0.123 e. The summed E-state index contributed by atoms with van der Waals surface area (Å²) >= 11 is 0. The Labute approximate surface area is 124 Å². The van der Waals surface area contributed by atoms with Gasteiger partial charge in [0.2, 0.25) is 0 Å². The molecule has 1 aromatic carbocycles. The number of benzene rings is 1. The summed E-state index contributed by atoms with van der Waals surface area (Å²) in [4.78, 5) is 0. The second-order valence-corrected chi connectivity index (χ2v) is 4.63. The van der Waals surface area contributed by atoms with Crippen molar-refractivity contribution >= 4 is 12.4 Å². The van der Waals surface area contributed by atoms with Crippen LogP contribution in [0.15, 0.2) is 24.3 Å². The zero-order chi connectivity index (χ0) is 13.1. The summed E-state index contributed by atoms with van der Waals surface area (Å²) in [5.41, 5.74) is 1.26. The molecule has 0 saturated carbocycles. The van der Waals surface area contributed by atoms with Crippen LogP contribution in [0.25, 0.3) is 0 Å². The second-order valence-electron chi connectivity index (χ2n) is 4.63. The van der Waals surface area contributed by atoms with E-state index in [9.17, 15) is 0 Å². The third-order valence-electron chi connectivity index (χ3n) is 3.05. The summed E-state index contributed by atoms with van der Waals surface area (Å²) < 4.78 is 5.61. The molecule has 0 aliphatic heterocycles. The molecule has 0 heterocycles. The summed E-state index contributed by atoms with van der Waals surface area (Å²) in [5.74, 6) is 1.01. The number of nitrogens with one attached hydrogen (secondary N) is 1. The first-order chi connectivity index (χ1) is 8.88. The van der Waals surface area contributed by atoms with E-state index in [2.05, 4.69) is 24.4 Å². The molecule has 0 bridgehead atoms. The van der Waals surface area contributed by atoms with E-state index in [-0.39, 0.29) is 12.4 Å². The maximum absolute atomic E-state index is 5.61. The molecular weight excluding hydrogens is 258 g/mol. The Balaban J connectivity index is 0.00000324. The Morgan fingerprint density at radius 2 is 1.74 bits per heavy atom. The molecule has 0 fully saturated rings. The van der Waals surface area contributed by atoms with Gasteiger partial charge in [-0.3, -0.25) is 0 Å². The van der Waals surface area contributed by atoms with Crippen LogP contribution in [0.2, 0.25) is 0 Å². The minimum absolute atomic E-state index is 0. The zero-order valence-electron chi connectivity index (χ0n) is 12.3. The Kier molecular flexibility index (Phi) is 11.8. The highest BCUT2D eigenvalue weighted by atomic mass is 35.5. The standard InChI is InChI=1S/C16H27NO.ClH/c1-3-5-6-7-10-13-17-14-15-11-8-9-12-16(15)18-4-2;/h8-9,11-12,17H,3-7,10,13-14H2,1-2H3;1H. The smallest absolute Gasteiger partial charge is 0.123 e. The van der Waals surface area contributed by atoms with E-state index < -0.39 is 0 Å². The molecule has 0 unspecified atom stereocenters. The molecule has 1 N–H and O–H groups in total. The molecule has 0 spiro atoms. The second kappa shape index (κ2) is 12.3. The lowest BCUT2D eigenvalue weighted by Gasteiger charge is -2.10. The van der Waals surface area contributed by atoms with Gasteiger partial charge >= 0.3 is 0 Å². The van der Waals surface area contributed by atoms with Gasteiger partial charge in [-0.1, -0.05) is 50.8 Å². The average molecular weight is 286 g/mol. The topological polar surface area (TPSA) is 21.3 Å². The molecule has 3 heteroatoms. The zero-order valence-corrected chi connectivity index (χ0v) is 13.1. The van der Waals surface area contributed by atoms with Crippen LogP contribution in [0, 0.1) is 0 Å². The first-order valence-corrected chi connectivity index (χ1v) is 7.30. The number of unbranched alkanes of at least 4 members (excludes halogenated alkanes) is 4. The van der Waals surface area contributed by atoms with E-state index in [1.54, 1.807) is 0 Å². The van der Waals surface area contributed by atoms with E-state index >= 15 is 0 Å². The summed E-state index contributed by atoms with van der Waals surface area (Å²) in [5, 5.41) is 3.50. The van der Waals surface area contributed by atoms with Gasteiger partial charge in [0.15, 0.2) is 0 Å². The third kappa shape index (κ3) is 8.12. The van der Waals surface area contributed by atoms with Crippen molar-refractivity contribution in [2.75, 3.05) is 13.2 Å². The van der Waals surface area contributed by atoms with E-state index in [4.69, 9.17) is 4.74 Å². The van der Waals surface area contributed by atoms with E-state index in [0.717, 1.165) is 25.4 Å². The van der Waals surface area contributed by atoms with Gasteiger partial charge in [0.1, 0.15) is 5.75 Å². The minimum Gasteiger partial charge on any atom is -0.494 e. The molecule has 0 radical (unpaired) electrons. The van der Waals surface area contributed by atoms with Crippen molar-refractivity contribution in [3.05, 3.63) is 29.8 Å². The largest absolute Gasteiger partial charge is 0.494 e. The Bertz CT molecular complexity index is 317. The molecule has 0 saturated heterocycles. The Hall–Kier alpha value is -0.730. The lowest BCUT2D eigenvalue weighted by atomic mass is 10.1. The lowest BCUT2D eigenvalue weighted by molar-refractivity contribution is 0.335. The van der Waals surface area contributed by atoms with Crippen LogP contribution in [-0.2, 0) is 6.54 Å². The van der Waals surface area contributed by atoms with Gasteiger partial charge < -0.3 is 10.1 Å². The minimum atomic E-state index is 0. The van der Waals surface area contributed by atoms with Crippen LogP contribution >= 0.6 is 12.4 Å². The number of halogens is 1. The quantitative estimate of drug-likeness (QED) is 0.636. The fourth-order valence-electron chi connectivity index (χ4n) is 2.02. The van der Waals surface area contributed by atoms with Crippen molar-refractivity contribution in [1.29, 1.82) is 0 Å². The van der Waals surface area contributed by atoms with E-state index in [0.29, 0.717) is 0 Å². The molecule has 2 nitrogen and oxygen atoms in total. The molecule has 1 aromatic rings. The third-order valence-corrected chi connectivity index (χ3v) is 3.05. The SMILES string of the molecule is CCCCCCCNCc1ccccc1OCC.Cl. The molecule has 0 aromatic heterocycles.